The van der Waals surface area contributed by atoms with Crippen molar-refractivity contribution in [2.45, 2.75) is 76.8 Å². The van der Waals surface area contributed by atoms with E-state index in [4.69, 9.17) is 19.9 Å². The number of carbonyl (C=O) groups is 2. The molecule has 214 valence electrons. The van der Waals surface area contributed by atoms with E-state index in [2.05, 4.69) is 26.5 Å². The molecule has 2 aliphatic carbocycles. The molecule has 5 rings (SSSR count). The molecule has 1 unspecified atom stereocenters. The van der Waals surface area contributed by atoms with Crippen molar-refractivity contribution >= 4 is 29.5 Å². The number of carboxylic acid groups (broad SMARTS) is 2. The number of nitrogens with one attached hydrogen (secondary N) is 2. The van der Waals surface area contributed by atoms with E-state index in [1.807, 2.05) is 13.0 Å². The fraction of sp³-hybridized carbons (Fsp3) is 0.654. The number of carboxylic acids is 2. The summed E-state index contributed by atoms with van der Waals surface area (Å²) in [4.78, 5) is 32.2. The van der Waals surface area contributed by atoms with Crippen LogP contribution in [-0.2, 0) is 9.59 Å². The van der Waals surface area contributed by atoms with Gasteiger partial charge in [-0.05, 0) is 43.9 Å². The van der Waals surface area contributed by atoms with Crippen LogP contribution < -0.4 is 10.2 Å². The van der Waals surface area contributed by atoms with Crippen molar-refractivity contribution in [3.05, 3.63) is 23.5 Å². The first kappa shape index (κ1) is 28.6. The number of rotatable bonds is 7. The van der Waals surface area contributed by atoms with E-state index in [0.29, 0.717) is 30.2 Å². The van der Waals surface area contributed by atoms with Crippen LogP contribution in [0.1, 0.15) is 75.1 Å². The summed E-state index contributed by atoms with van der Waals surface area (Å²) in [6, 6.07) is 4.00. The van der Waals surface area contributed by atoms with Crippen LogP contribution in [0.3, 0.4) is 0 Å². The number of halogens is 3. The number of hydrogen-bond donors (Lipinski definition) is 4. The van der Waals surface area contributed by atoms with E-state index >= 15 is 0 Å². The molecule has 2 atom stereocenters. The lowest BCUT2D eigenvalue weighted by Gasteiger charge is -2.42. The Hall–Kier alpha value is -3.38. The van der Waals surface area contributed by atoms with Gasteiger partial charge in [0.25, 0.3) is 0 Å². The molecular weight excluding hydrogens is 517 g/mol. The van der Waals surface area contributed by atoms with Crippen molar-refractivity contribution < 1.29 is 33.0 Å². The van der Waals surface area contributed by atoms with Gasteiger partial charge in [-0.3, -0.25) is 9.89 Å². The Morgan fingerprint density at radius 1 is 1.03 bits per heavy atom. The fourth-order valence-electron chi connectivity index (χ4n) is 5.65. The standard InChI is InChI=1S/C24H34N6O2.C2HF3O2/c1-15-9-21(26-22-12-20(28-29-22)18-7-8-18)27-24(25-15)30-13-16(11-23(31)32)10-19(14-30)17-5-3-2-4-6-17;3-2(4,5)1(6)7/h9,12,16-19H,2-8,10-11,13-14H2,1H3,(H,31,32)(H2,25,26,27,28,29);(H,6,7)/t16-,19?;/m0./s1. The third kappa shape index (κ3) is 8.30. The first-order valence-electron chi connectivity index (χ1n) is 13.4. The van der Waals surface area contributed by atoms with E-state index in [-0.39, 0.29) is 12.3 Å². The molecule has 3 aliphatic rings. The summed E-state index contributed by atoms with van der Waals surface area (Å²) in [6.45, 7) is 3.60. The lowest BCUT2D eigenvalue weighted by atomic mass is 9.73. The molecule has 0 spiro atoms. The maximum atomic E-state index is 11.5. The van der Waals surface area contributed by atoms with Gasteiger partial charge < -0.3 is 20.4 Å². The van der Waals surface area contributed by atoms with Crippen molar-refractivity contribution in [3.8, 4) is 0 Å². The smallest absolute Gasteiger partial charge is 0.481 e. The molecule has 3 fully saturated rings. The molecule has 1 aliphatic heterocycles. The van der Waals surface area contributed by atoms with Gasteiger partial charge in [0.2, 0.25) is 5.95 Å². The number of hydrogen-bond acceptors (Lipinski definition) is 7. The number of nitrogens with zero attached hydrogens (tertiary/aromatic N) is 4. The van der Waals surface area contributed by atoms with Gasteiger partial charge in [0.1, 0.15) is 5.82 Å². The molecule has 10 nitrogen and oxygen atoms in total. The number of H-pyrrole nitrogens is 1. The highest BCUT2D eigenvalue weighted by Gasteiger charge is 2.38. The van der Waals surface area contributed by atoms with Crippen LogP contribution in [0.5, 0.6) is 0 Å². The van der Waals surface area contributed by atoms with Crippen molar-refractivity contribution in [1.82, 2.24) is 20.2 Å². The van der Waals surface area contributed by atoms with Gasteiger partial charge in [0.05, 0.1) is 0 Å². The molecular formula is C26H35F3N6O4. The summed E-state index contributed by atoms with van der Waals surface area (Å²) in [5, 5.41) is 27.4. The van der Waals surface area contributed by atoms with Gasteiger partial charge in [-0.2, -0.15) is 23.3 Å². The number of piperidine rings is 1. The molecule has 1 saturated heterocycles. The first-order chi connectivity index (χ1) is 18.5. The molecule has 0 bridgehead atoms. The summed E-state index contributed by atoms with van der Waals surface area (Å²) in [7, 11) is 0. The predicted molar refractivity (Wildman–Crippen MR) is 137 cm³/mol. The van der Waals surface area contributed by atoms with Crippen molar-refractivity contribution in [1.29, 1.82) is 0 Å². The van der Waals surface area contributed by atoms with E-state index in [1.54, 1.807) is 0 Å². The van der Waals surface area contributed by atoms with E-state index in [1.165, 1.54) is 50.6 Å². The largest absolute Gasteiger partial charge is 0.490 e. The van der Waals surface area contributed by atoms with E-state index in [9.17, 15) is 23.1 Å². The Bertz CT molecular complexity index is 1150. The summed E-state index contributed by atoms with van der Waals surface area (Å²) in [5.74, 6) is 0.703. The van der Waals surface area contributed by atoms with Crippen LogP contribution in [0.2, 0.25) is 0 Å². The lowest BCUT2D eigenvalue weighted by Crippen LogP contribution is -2.44. The Kier molecular flexibility index (Phi) is 8.96. The van der Waals surface area contributed by atoms with Crippen LogP contribution in [0, 0.1) is 24.7 Å². The van der Waals surface area contributed by atoms with Crippen LogP contribution in [0.25, 0.3) is 0 Å². The quantitative estimate of drug-likeness (QED) is 0.361. The summed E-state index contributed by atoms with van der Waals surface area (Å²) in [6.07, 6.45) is 5.05. The molecule has 2 aromatic rings. The number of anilines is 3. The molecule has 13 heteroatoms. The SMILES string of the molecule is Cc1cc(Nc2cc(C3CC3)[nH]n2)nc(N2CC(C3CCCCC3)C[C@@H](CC(=O)O)C2)n1.O=C(O)C(F)(F)F. The Balaban J connectivity index is 0.000000448. The zero-order chi connectivity index (χ0) is 28.2. The van der Waals surface area contributed by atoms with Gasteiger partial charge >= 0.3 is 18.1 Å². The molecule has 3 heterocycles. The highest BCUT2D eigenvalue weighted by Crippen LogP contribution is 2.40. The zero-order valence-corrected chi connectivity index (χ0v) is 21.9. The van der Waals surface area contributed by atoms with Gasteiger partial charge in [-0.15, -0.1) is 0 Å². The van der Waals surface area contributed by atoms with Crippen LogP contribution in [0.15, 0.2) is 12.1 Å². The lowest BCUT2D eigenvalue weighted by molar-refractivity contribution is -0.192. The molecule has 0 aromatic carbocycles. The number of alkyl halides is 3. The van der Waals surface area contributed by atoms with Gasteiger partial charge in [0, 0.05) is 48.9 Å². The number of aromatic amines is 1. The van der Waals surface area contributed by atoms with E-state index in [0.717, 1.165) is 30.3 Å². The van der Waals surface area contributed by atoms with Crippen LogP contribution in [-0.4, -0.2) is 61.6 Å². The topological polar surface area (TPSA) is 144 Å². The maximum Gasteiger partial charge on any atom is 0.490 e. The minimum Gasteiger partial charge on any atom is -0.481 e. The minimum atomic E-state index is -5.08. The maximum absolute atomic E-state index is 11.5. The van der Waals surface area contributed by atoms with E-state index < -0.39 is 18.1 Å². The van der Waals surface area contributed by atoms with Gasteiger partial charge in [-0.1, -0.05) is 32.1 Å². The third-order valence-corrected chi connectivity index (χ3v) is 7.59. The summed E-state index contributed by atoms with van der Waals surface area (Å²) >= 11 is 0. The highest BCUT2D eigenvalue weighted by molar-refractivity contribution is 5.73. The second-order valence-corrected chi connectivity index (χ2v) is 10.9. The second-order valence-electron chi connectivity index (χ2n) is 10.9. The molecule has 2 aromatic heterocycles. The highest BCUT2D eigenvalue weighted by atomic mass is 19.4. The predicted octanol–water partition coefficient (Wildman–Crippen LogP) is 5.26. The molecule has 39 heavy (non-hydrogen) atoms. The molecule has 0 amide bonds. The van der Waals surface area contributed by atoms with Gasteiger partial charge in [-0.25, -0.2) is 9.78 Å². The van der Waals surface area contributed by atoms with Crippen molar-refractivity contribution in [2.24, 2.45) is 17.8 Å². The minimum absolute atomic E-state index is 0.140. The third-order valence-electron chi connectivity index (χ3n) is 7.59. The average Bonchev–Trinajstić information content (AvgIpc) is 3.62. The van der Waals surface area contributed by atoms with Gasteiger partial charge in [0.15, 0.2) is 5.82 Å². The molecule has 4 N–H and O–H groups in total. The number of aryl methyl sites for hydroxylation is 1. The fourth-order valence-corrected chi connectivity index (χ4v) is 5.65. The molecule has 0 radical (unpaired) electrons. The van der Waals surface area contributed by atoms with Crippen LogP contribution >= 0.6 is 0 Å². The number of aromatic nitrogens is 4. The second kappa shape index (κ2) is 12.2. The normalized spacial score (nSPS) is 22.1. The van der Waals surface area contributed by atoms with Crippen molar-refractivity contribution in [3.63, 3.8) is 0 Å². The Labute approximate surface area is 224 Å². The zero-order valence-electron chi connectivity index (χ0n) is 21.9. The molecule has 2 saturated carbocycles. The summed E-state index contributed by atoms with van der Waals surface area (Å²) in [5.41, 5.74) is 2.08. The monoisotopic (exact) mass is 552 g/mol. The average molecular weight is 553 g/mol. The number of aliphatic carboxylic acids is 2. The Morgan fingerprint density at radius 2 is 1.72 bits per heavy atom. The Morgan fingerprint density at radius 3 is 2.33 bits per heavy atom. The van der Waals surface area contributed by atoms with Crippen LogP contribution in [0.4, 0.5) is 30.8 Å². The van der Waals surface area contributed by atoms with Crippen molar-refractivity contribution in [2.75, 3.05) is 23.3 Å². The first-order valence-corrected chi connectivity index (χ1v) is 13.4. The summed E-state index contributed by atoms with van der Waals surface area (Å²) < 4.78 is 31.7.